The number of amides is 2. The summed E-state index contributed by atoms with van der Waals surface area (Å²) in [5.41, 5.74) is -0.205. The number of benzene rings is 2. The van der Waals surface area contributed by atoms with Gasteiger partial charge in [-0.1, -0.05) is 12.1 Å². The van der Waals surface area contributed by atoms with E-state index in [1.807, 2.05) is 0 Å². The highest BCUT2D eigenvalue weighted by molar-refractivity contribution is 5.96. The molecule has 1 saturated heterocycles. The molecule has 1 fully saturated rings. The van der Waals surface area contributed by atoms with Gasteiger partial charge in [0, 0.05) is 31.7 Å². The highest BCUT2D eigenvalue weighted by Gasteiger charge is 2.32. The molecule has 0 radical (unpaired) electrons. The number of halogens is 3. The van der Waals surface area contributed by atoms with Crippen molar-refractivity contribution in [2.75, 3.05) is 40.4 Å². The fourth-order valence-corrected chi connectivity index (χ4v) is 3.81. The summed E-state index contributed by atoms with van der Waals surface area (Å²) in [4.78, 5) is 29.2. The van der Waals surface area contributed by atoms with Crippen molar-refractivity contribution in [1.82, 2.24) is 19.6 Å². The molecule has 3 aromatic rings. The molecule has 0 unspecified atom stereocenters. The van der Waals surface area contributed by atoms with Crippen molar-refractivity contribution in [1.29, 1.82) is 0 Å². The smallest absolute Gasteiger partial charge is 0.416 e. The van der Waals surface area contributed by atoms with Gasteiger partial charge in [-0.05, 0) is 36.4 Å². The van der Waals surface area contributed by atoms with E-state index in [0.717, 1.165) is 12.1 Å². The Labute approximate surface area is 199 Å². The maximum atomic E-state index is 13.2. The average Bonchev–Trinajstić information content (AvgIpc) is 3.32. The molecule has 2 aromatic carbocycles. The Hall–Kier alpha value is -4.02. The Kier molecular flexibility index (Phi) is 6.68. The number of ether oxygens (including phenoxy) is 2. The summed E-state index contributed by atoms with van der Waals surface area (Å²) >= 11 is 0. The van der Waals surface area contributed by atoms with Gasteiger partial charge < -0.3 is 19.3 Å². The Morgan fingerprint density at radius 1 is 0.886 bits per heavy atom. The van der Waals surface area contributed by atoms with E-state index in [4.69, 9.17) is 9.47 Å². The van der Waals surface area contributed by atoms with Gasteiger partial charge in [0.05, 0.1) is 31.7 Å². The SMILES string of the molecule is COc1cccc(C(=O)N2CCN(C(=O)c3nn(-c4cccc(C(F)(F)F)c4)cc3OC)CC2)c1. The molecule has 0 saturated carbocycles. The monoisotopic (exact) mass is 488 g/mol. The van der Waals surface area contributed by atoms with Crippen molar-refractivity contribution in [2.45, 2.75) is 6.18 Å². The van der Waals surface area contributed by atoms with Crippen molar-refractivity contribution in [3.8, 4) is 17.2 Å². The first-order chi connectivity index (χ1) is 16.7. The van der Waals surface area contributed by atoms with Crippen LogP contribution in [-0.4, -0.2) is 71.8 Å². The van der Waals surface area contributed by atoms with E-state index in [9.17, 15) is 22.8 Å². The van der Waals surface area contributed by atoms with Gasteiger partial charge in [0.25, 0.3) is 11.8 Å². The zero-order chi connectivity index (χ0) is 25.2. The lowest BCUT2D eigenvalue weighted by Crippen LogP contribution is -2.50. The first-order valence-corrected chi connectivity index (χ1v) is 10.7. The van der Waals surface area contributed by atoms with Crippen LogP contribution in [0.15, 0.2) is 54.7 Å². The summed E-state index contributed by atoms with van der Waals surface area (Å²) in [5.74, 6) is 0.124. The number of alkyl halides is 3. The van der Waals surface area contributed by atoms with E-state index in [0.29, 0.717) is 24.4 Å². The summed E-state index contributed by atoms with van der Waals surface area (Å²) in [7, 11) is 2.88. The first kappa shape index (κ1) is 24.1. The van der Waals surface area contributed by atoms with Gasteiger partial charge in [-0.3, -0.25) is 9.59 Å². The van der Waals surface area contributed by atoms with Crippen molar-refractivity contribution in [3.63, 3.8) is 0 Å². The van der Waals surface area contributed by atoms with Gasteiger partial charge in [-0.15, -0.1) is 0 Å². The molecular weight excluding hydrogens is 465 g/mol. The highest BCUT2D eigenvalue weighted by Crippen LogP contribution is 2.31. The maximum absolute atomic E-state index is 13.2. The zero-order valence-corrected chi connectivity index (χ0v) is 19.1. The van der Waals surface area contributed by atoms with Gasteiger partial charge in [0.15, 0.2) is 11.4 Å². The van der Waals surface area contributed by atoms with E-state index in [-0.39, 0.29) is 36.1 Å². The molecule has 0 spiro atoms. The molecule has 1 aromatic heterocycles. The van der Waals surface area contributed by atoms with Crippen molar-refractivity contribution >= 4 is 11.8 Å². The Morgan fingerprint density at radius 3 is 2.17 bits per heavy atom. The lowest BCUT2D eigenvalue weighted by atomic mass is 10.1. The standard InChI is InChI=1S/C24H23F3N4O4/c1-34-19-8-3-5-16(13-19)22(32)29-9-11-30(12-10-29)23(33)21-20(35-2)15-31(28-21)18-7-4-6-17(14-18)24(25,26)27/h3-8,13-15H,9-12H2,1-2H3. The molecular formula is C24H23F3N4O4. The fraction of sp³-hybridized carbons (Fsp3) is 0.292. The van der Waals surface area contributed by atoms with Crippen molar-refractivity contribution < 1.29 is 32.2 Å². The Balaban J connectivity index is 1.48. The number of hydrogen-bond donors (Lipinski definition) is 0. The summed E-state index contributed by atoms with van der Waals surface area (Å²) in [5, 5.41) is 4.21. The highest BCUT2D eigenvalue weighted by atomic mass is 19.4. The largest absolute Gasteiger partial charge is 0.497 e. The number of carbonyl (C=O) groups is 2. The van der Waals surface area contributed by atoms with Gasteiger partial charge in [0.1, 0.15) is 5.75 Å². The van der Waals surface area contributed by atoms with E-state index < -0.39 is 17.6 Å². The summed E-state index contributed by atoms with van der Waals surface area (Å²) < 4.78 is 50.9. The summed E-state index contributed by atoms with van der Waals surface area (Å²) in [6, 6.07) is 11.5. The molecule has 0 atom stereocenters. The molecule has 0 bridgehead atoms. The van der Waals surface area contributed by atoms with Crippen molar-refractivity contribution in [2.24, 2.45) is 0 Å². The van der Waals surface area contributed by atoms with Crippen LogP contribution in [-0.2, 0) is 6.18 Å². The predicted molar refractivity (Wildman–Crippen MR) is 120 cm³/mol. The maximum Gasteiger partial charge on any atom is 0.416 e. The number of aromatic nitrogens is 2. The van der Waals surface area contributed by atoms with Crippen LogP contribution in [0.4, 0.5) is 13.2 Å². The second-order valence-corrected chi connectivity index (χ2v) is 7.86. The first-order valence-electron chi connectivity index (χ1n) is 10.7. The molecule has 0 aliphatic carbocycles. The lowest BCUT2D eigenvalue weighted by Gasteiger charge is -2.34. The number of methoxy groups -OCH3 is 2. The molecule has 11 heteroatoms. The van der Waals surface area contributed by atoms with Gasteiger partial charge in [-0.2, -0.15) is 18.3 Å². The fourth-order valence-electron chi connectivity index (χ4n) is 3.81. The van der Waals surface area contributed by atoms with Crippen LogP contribution in [0.1, 0.15) is 26.4 Å². The van der Waals surface area contributed by atoms with Crippen LogP contribution in [0.2, 0.25) is 0 Å². The molecule has 184 valence electrons. The molecule has 4 rings (SSSR count). The minimum atomic E-state index is -4.51. The minimum absolute atomic E-state index is 0.0162. The third-order valence-corrected chi connectivity index (χ3v) is 5.71. The molecule has 1 aliphatic rings. The molecule has 8 nitrogen and oxygen atoms in total. The summed E-state index contributed by atoms with van der Waals surface area (Å²) in [6.45, 7) is 1.18. The van der Waals surface area contributed by atoms with E-state index in [1.165, 1.54) is 42.1 Å². The van der Waals surface area contributed by atoms with Gasteiger partial charge in [0.2, 0.25) is 0 Å². The molecule has 1 aliphatic heterocycles. The van der Waals surface area contributed by atoms with Crippen LogP contribution in [0.25, 0.3) is 5.69 Å². The molecule has 0 N–H and O–H groups in total. The van der Waals surface area contributed by atoms with Crippen LogP contribution >= 0.6 is 0 Å². The second-order valence-electron chi connectivity index (χ2n) is 7.86. The van der Waals surface area contributed by atoms with Crippen LogP contribution in [0, 0.1) is 0 Å². The van der Waals surface area contributed by atoms with Crippen molar-refractivity contribution in [3.05, 3.63) is 71.5 Å². The lowest BCUT2D eigenvalue weighted by molar-refractivity contribution is -0.137. The van der Waals surface area contributed by atoms with Crippen LogP contribution in [0.3, 0.4) is 0 Å². The Bertz CT molecular complexity index is 1230. The zero-order valence-electron chi connectivity index (χ0n) is 19.1. The summed E-state index contributed by atoms with van der Waals surface area (Å²) in [6.07, 6.45) is -3.14. The number of carbonyl (C=O) groups excluding carboxylic acids is 2. The third-order valence-electron chi connectivity index (χ3n) is 5.71. The quantitative estimate of drug-likeness (QED) is 0.550. The van der Waals surface area contributed by atoms with E-state index in [2.05, 4.69) is 5.10 Å². The Morgan fingerprint density at radius 2 is 1.54 bits per heavy atom. The normalized spacial score (nSPS) is 14.1. The van der Waals surface area contributed by atoms with E-state index in [1.54, 1.807) is 29.2 Å². The van der Waals surface area contributed by atoms with E-state index >= 15 is 0 Å². The predicted octanol–water partition coefficient (Wildman–Crippen LogP) is 3.51. The van der Waals surface area contributed by atoms with Gasteiger partial charge >= 0.3 is 6.18 Å². The topological polar surface area (TPSA) is 76.9 Å². The van der Waals surface area contributed by atoms with Crippen LogP contribution < -0.4 is 9.47 Å². The molecule has 35 heavy (non-hydrogen) atoms. The second kappa shape index (κ2) is 9.69. The molecule has 2 amide bonds. The third kappa shape index (κ3) is 5.08. The number of hydrogen-bond acceptors (Lipinski definition) is 5. The average molecular weight is 488 g/mol. The number of nitrogens with zero attached hydrogens (tertiary/aromatic N) is 4. The number of rotatable bonds is 5. The van der Waals surface area contributed by atoms with Crippen LogP contribution in [0.5, 0.6) is 11.5 Å². The molecule has 2 heterocycles. The minimum Gasteiger partial charge on any atom is -0.497 e. The number of piperazine rings is 1. The van der Waals surface area contributed by atoms with Gasteiger partial charge in [-0.25, -0.2) is 4.68 Å².